The summed E-state index contributed by atoms with van der Waals surface area (Å²) in [5.41, 5.74) is 0. The van der Waals surface area contributed by atoms with Crippen LogP contribution in [0.2, 0.25) is 0 Å². The van der Waals surface area contributed by atoms with Gasteiger partial charge in [0, 0.05) is 12.8 Å². The lowest BCUT2D eigenvalue weighted by atomic mass is 10.0. The molecule has 1 atom stereocenters. The van der Waals surface area contributed by atoms with Crippen molar-refractivity contribution >= 4 is 17.9 Å². The van der Waals surface area contributed by atoms with Gasteiger partial charge in [0.2, 0.25) is 0 Å². The minimum atomic E-state index is -0.829. The van der Waals surface area contributed by atoms with E-state index in [9.17, 15) is 14.4 Å². The summed E-state index contributed by atoms with van der Waals surface area (Å²) in [6.07, 6.45) is 73.5. The van der Waals surface area contributed by atoms with Crippen LogP contribution in [0.5, 0.6) is 0 Å². The highest BCUT2D eigenvalue weighted by atomic mass is 16.6. The van der Waals surface area contributed by atoms with E-state index < -0.39 is 12.1 Å². The van der Waals surface area contributed by atoms with E-state index in [2.05, 4.69) is 81.5 Å². The largest absolute Gasteiger partial charge is 0.462 e. The Morgan fingerprint density at radius 2 is 0.609 bits per heavy atom. The lowest BCUT2D eigenvalue weighted by Gasteiger charge is -2.18. The molecule has 0 aliphatic rings. The molecule has 0 spiro atoms. The molecule has 0 fully saturated rings. The van der Waals surface area contributed by atoms with Crippen LogP contribution in [-0.2, 0) is 28.6 Å². The average molecular weight is 964 g/mol. The molecular formula is C63H110O6. The van der Waals surface area contributed by atoms with Crippen LogP contribution in [0.4, 0.5) is 0 Å². The lowest BCUT2D eigenvalue weighted by Crippen LogP contribution is -2.30. The van der Waals surface area contributed by atoms with E-state index in [1.807, 2.05) is 6.08 Å². The first-order chi connectivity index (χ1) is 34.0. The summed E-state index contributed by atoms with van der Waals surface area (Å²) >= 11 is 0. The number of carbonyl (C=O) groups excluding carboxylic acids is 3. The van der Waals surface area contributed by atoms with Gasteiger partial charge < -0.3 is 14.2 Å². The number of allylic oxidation sites excluding steroid dienone is 11. The molecule has 0 aromatic heterocycles. The van der Waals surface area contributed by atoms with Gasteiger partial charge in [0.05, 0.1) is 6.42 Å². The molecule has 0 aliphatic carbocycles. The summed E-state index contributed by atoms with van der Waals surface area (Å²) in [7, 11) is 0. The summed E-state index contributed by atoms with van der Waals surface area (Å²) < 4.78 is 16.8. The monoisotopic (exact) mass is 963 g/mol. The third-order valence-corrected chi connectivity index (χ3v) is 12.7. The van der Waals surface area contributed by atoms with E-state index in [1.54, 1.807) is 6.08 Å². The molecule has 398 valence electrons. The second-order valence-electron chi connectivity index (χ2n) is 19.5. The SMILES string of the molecule is CC/C=C\C/C=C\C/C=C\C/C=C\C/C=C\CC(=O)OC(COC(=O)CCCCCCCCCCC/C=C\CCCCCCCCCC)COC(=O)CCCCCCCCCCCCCCCCC. The quantitative estimate of drug-likeness (QED) is 0.0262. The van der Waals surface area contributed by atoms with Gasteiger partial charge in [-0.25, -0.2) is 0 Å². The number of esters is 3. The topological polar surface area (TPSA) is 78.9 Å². The third-order valence-electron chi connectivity index (χ3n) is 12.7. The molecule has 6 nitrogen and oxygen atoms in total. The number of rotatable bonds is 53. The molecule has 1 unspecified atom stereocenters. The summed E-state index contributed by atoms with van der Waals surface area (Å²) in [4.78, 5) is 38.1. The Balaban J connectivity index is 4.41. The maximum atomic E-state index is 12.8. The molecule has 0 heterocycles. The summed E-state index contributed by atoms with van der Waals surface area (Å²) in [5.74, 6) is -1.03. The molecule has 0 aromatic rings. The fraction of sp³-hybridized carbons (Fsp3) is 0.762. The molecule has 0 N–H and O–H groups in total. The zero-order chi connectivity index (χ0) is 50.0. The number of hydrogen-bond donors (Lipinski definition) is 0. The smallest absolute Gasteiger partial charge is 0.310 e. The van der Waals surface area contributed by atoms with Crippen LogP contribution in [0.1, 0.15) is 290 Å². The third kappa shape index (κ3) is 55.6. The van der Waals surface area contributed by atoms with Gasteiger partial charge in [0.25, 0.3) is 0 Å². The zero-order valence-electron chi connectivity index (χ0n) is 45.6. The Bertz CT molecular complexity index is 1290. The van der Waals surface area contributed by atoms with Crippen LogP contribution < -0.4 is 0 Å². The highest BCUT2D eigenvalue weighted by Gasteiger charge is 2.19. The van der Waals surface area contributed by atoms with Crippen LogP contribution in [-0.4, -0.2) is 37.2 Å². The molecule has 0 aromatic carbocycles. The van der Waals surface area contributed by atoms with Crippen LogP contribution in [0.3, 0.4) is 0 Å². The molecule has 69 heavy (non-hydrogen) atoms. The zero-order valence-corrected chi connectivity index (χ0v) is 45.6. The highest BCUT2D eigenvalue weighted by molar-refractivity contribution is 5.72. The summed E-state index contributed by atoms with van der Waals surface area (Å²) in [5, 5.41) is 0. The Morgan fingerprint density at radius 1 is 0.319 bits per heavy atom. The molecule has 0 rings (SSSR count). The Kier molecular flexibility index (Phi) is 54.8. The van der Waals surface area contributed by atoms with Crippen molar-refractivity contribution in [1.82, 2.24) is 0 Å². The van der Waals surface area contributed by atoms with Crippen molar-refractivity contribution < 1.29 is 28.6 Å². The van der Waals surface area contributed by atoms with Gasteiger partial charge in [-0.1, -0.05) is 273 Å². The maximum Gasteiger partial charge on any atom is 0.310 e. The van der Waals surface area contributed by atoms with Crippen molar-refractivity contribution in [2.75, 3.05) is 13.2 Å². The molecule has 6 heteroatoms. The van der Waals surface area contributed by atoms with E-state index in [0.29, 0.717) is 12.8 Å². The highest BCUT2D eigenvalue weighted by Crippen LogP contribution is 2.16. The minimum absolute atomic E-state index is 0.0990. The van der Waals surface area contributed by atoms with Crippen LogP contribution in [0, 0.1) is 0 Å². The Morgan fingerprint density at radius 3 is 0.942 bits per heavy atom. The number of ether oxygens (including phenoxy) is 3. The van der Waals surface area contributed by atoms with Crippen molar-refractivity contribution in [3.8, 4) is 0 Å². The van der Waals surface area contributed by atoms with Crippen molar-refractivity contribution in [3.05, 3.63) is 72.9 Å². The molecule has 0 bridgehead atoms. The first-order valence-corrected chi connectivity index (χ1v) is 29.4. The standard InChI is InChI=1S/C63H110O6/c1-4-7-10-13-16-19-22-25-28-29-30-31-32-33-36-38-41-44-47-50-53-56-62(65)68-59-60(69-63(66)57-54-51-48-45-42-39-35-27-24-21-18-15-12-9-6-3)58-67-61(64)55-52-49-46-43-40-37-34-26-23-20-17-14-11-8-5-2/h9,12,18,21,27,29-30,35,42,45,51,54,60H,4-8,10-11,13-17,19-20,22-26,28,31-34,36-41,43-44,46-50,52-53,55-59H2,1-3H3/b12-9-,21-18-,30-29-,35-27-,45-42-,54-51-. The summed E-state index contributed by atoms with van der Waals surface area (Å²) in [6, 6.07) is 0. The van der Waals surface area contributed by atoms with Crippen LogP contribution >= 0.6 is 0 Å². The van der Waals surface area contributed by atoms with E-state index in [4.69, 9.17) is 14.2 Å². The number of unbranched alkanes of at least 4 members (excludes halogenated alkanes) is 31. The number of hydrogen-bond acceptors (Lipinski definition) is 6. The predicted molar refractivity (Wildman–Crippen MR) is 298 cm³/mol. The van der Waals surface area contributed by atoms with Crippen LogP contribution in [0.25, 0.3) is 0 Å². The second-order valence-corrected chi connectivity index (χ2v) is 19.5. The van der Waals surface area contributed by atoms with E-state index in [1.165, 1.54) is 180 Å². The Labute approximate surface area is 427 Å². The molecule has 0 aliphatic heterocycles. The van der Waals surface area contributed by atoms with Gasteiger partial charge in [0.15, 0.2) is 6.10 Å². The lowest BCUT2D eigenvalue weighted by molar-refractivity contribution is -0.166. The minimum Gasteiger partial charge on any atom is -0.462 e. The van der Waals surface area contributed by atoms with Gasteiger partial charge in [-0.3, -0.25) is 14.4 Å². The summed E-state index contributed by atoms with van der Waals surface area (Å²) in [6.45, 7) is 6.47. The number of carbonyl (C=O) groups is 3. The van der Waals surface area contributed by atoms with Crippen LogP contribution in [0.15, 0.2) is 72.9 Å². The normalized spacial score (nSPS) is 12.6. The molecule has 0 saturated heterocycles. The molecular weight excluding hydrogens is 853 g/mol. The van der Waals surface area contributed by atoms with E-state index in [-0.39, 0.29) is 31.6 Å². The van der Waals surface area contributed by atoms with Gasteiger partial charge in [-0.05, 0) is 70.6 Å². The van der Waals surface area contributed by atoms with Gasteiger partial charge >= 0.3 is 17.9 Å². The van der Waals surface area contributed by atoms with E-state index >= 15 is 0 Å². The average Bonchev–Trinajstić information content (AvgIpc) is 3.35. The van der Waals surface area contributed by atoms with Gasteiger partial charge in [-0.15, -0.1) is 0 Å². The van der Waals surface area contributed by atoms with Gasteiger partial charge in [0.1, 0.15) is 13.2 Å². The molecule has 0 radical (unpaired) electrons. The van der Waals surface area contributed by atoms with Crippen molar-refractivity contribution in [2.45, 2.75) is 297 Å². The van der Waals surface area contributed by atoms with Gasteiger partial charge in [-0.2, -0.15) is 0 Å². The molecule has 0 saturated carbocycles. The second kappa shape index (κ2) is 57.4. The van der Waals surface area contributed by atoms with E-state index in [0.717, 1.165) is 70.6 Å². The first kappa shape index (κ1) is 65.8. The Hall–Kier alpha value is -3.15. The van der Waals surface area contributed by atoms with Crippen molar-refractivity contribution in [3.63, 3.8) is 0 Å². The maximum absolute atomic E-state index is 12.8. The van der Waals surface area contributed by atoms with Crippen molar-refractivity contribution in [2.24, 2.45) is 0 Å². The predicted octanol–water partition coefficient (Wildman–Crippen LogP) is 19.8. The molecule has 0 amide bonds. The fourth-order valence-electron chi connectivity index (χ4n) is 8.34. The fourth-order valence-corrected chi connectivity index (χ4v) is 8.34. The van der Waals surface area contributed by atoms with Crippen molar-refractivity contribution in [1.29, 1.82) is 0 Å². The first-order valence-electron chi connectivity index (χ1n) is 29.4.